The van der Waals surface area contributed by atoms with Gasteiger partial charge in [-0.3, -0.25) is 9.10 Å². The fourth-order valence-corrected chi connectivity index (χ4v) is 5.51. The van der Waals surface area contributed by atoms with Crippen LogP contribution in [-0.2, 0) is 21.2 Å². The van der Waals surface area contributed by atoms with Gasteiger partial charge in [0.05, 0.1) is 17.1 Å². The highest BCUT2D eigenvalue weighted by Gasteiger charge is 2.28. The van der Waals surface area contributed by atoms with Gasteiger partial charge in [0, 0.05) is 5.39 Å². The molecule has 0 unspecified atom stereocenters. The summed E-state index contributed by atoms with van der Waals surface area (Å²) in [4.78, 5) is 13.1. The number of amides is 1. The molecule has 1 amide bonds. The number of rotatable bonds is 10. The summed E-state index contributed by atoms with van der Waals surface area (Å²) >= 11 is 0. The molecule has 0 aliphatic carbocycles. The second-order valence-corrected chi connectivity index (χ2v) is 10.3. The molecule has 36 heavy (non-hydrogen) atoms. The van der Waals surface area contributed by atoms with Crippen LogP contribution in [0.1, 0.15) is 18.1 Å². The first-order valence-electron chi connectivity index (χ1n) is 11.9. The van der Waals surface area contributed by atoms with Crippen LogP contribution in [0.15, 0.2) is 95.9 Å². The van der Waals surface area contributed by atoms with Gasteiger partial charge in [0.15, 0.2) is 0 Å². The van der Waals surface area contributed by atoms with Crippen molar-refractivity contribution in [3.63, 3.8) is 0 Å². The van der Waals surface area contributed by atoms with Gasteiger partial charge in [0.1, 0.15) is 18.9 Å². The molecule has 1 N–H and O–H groups in total. The molecule has 0 aromatic heterocycles. The number of carbonyl (C=O) groups is 1. The van der Waals surface area contributed by atoms with Crippen LogP contribution >= 0.6 is 0 Å². The lowest BCUT2D eigenvalue weighted by Crippen LogP contribution is -2.42. The summed E-state index contributed by atoms with van der Waals surface area (Å²) < 4.78 is 34.3. The molecule has 0 saturated heterocycles. The van der Waals surface area contributed by atoms with Crippen LogP contribution in [0.4, 0.5) is 5.69 Å². The van der Waals surface area contributed by atoms with Gasteiger partial charge in [-0.05, 0) is 48.6 Å². The highest BCUT2D eigenvalue weighted by molar-refractivity contribution is 7.92. The smallest absolute Gasteiger partial charge is 0.264 e. The van der Waals surface area contributed by atoms with Crippen molar-refractivity contribution in [3.8, 4) is 5.75 Å². The third kappa shape index (κ3) is 5.69. The second-order valence-electron chi connectivity index (χ2n) is 8.48. The molecule has 0 bridgehead atoms. The molecule has 6 nitrogen and oxygen atoms in total. The van der Waals surface area contributed by atoms with Crippen LogP contribution in [0.2, 0.25) is 0 Å². The molecule has 4 rings (SSSR count). The van der Waals surface area contributed by atoms with Crippen molar-refractivity contribution in [2.24, 2.45) is 0 Å². The molecule has 0 spiro atoms. The molecule has 4 aromatic carbocycles. The Kier molecular flexibility index (Phi) is 7.90. The summed E-state index contributed by atoms with van der Waals surface area (Å²) in [5.74, 6) is 0.334. The van der Waals surface area contributed by atoms with E-state index < -0.39 is 15.9 Å². The quantitative estimate of drug-likeness (QED) is 0.306. The van der Waals surface area contributed by atoms with Gasteiger partial charge >= 0.3 is 0 Å². The Bertz CT molecular complexity index is 1440. The SMILES string of the molecule is CCc1ccccc1N(CC(=O)NCCOc1cccc2ccccc12)S(=O)(=O)c1ccc(C)cc1. The Morgan fingerprint density at radius 1 is 0.889 bits per heavy atom. The maximum Gasteiger partial charge on any atom is 0.264 e. The van der Waals surface area contributed by atoms with Gasteiger partial charge in [-0.2, -0.15) is 0 Å². The predicted octanol–water partition coefficient (Wildman–Crippen LogP) is 5.10. The van der Waals surface area contributed by atoms with E-state index in [-0.39, 0.29) is 24.6 Å². The van der Waals surface area contributed by atoms with Gasteiger partial charge in [-0.15, -0.1) is 0 Å². The minimum atomic E-state index is -3.96. The van der Waals surface area contributed by atoms with Crippen molar-refractivity contribution in [1.29, 1.82) is 0 Å². The van der Waals surface area contributed by atoms with Crippen LogP contribution in [0, 0.1) is 6.92 Å². The summed E-state index contributed by atoms with van der Waals surface area (Å²) in [5.41, 5.74) is 2.31. The summed E-state index contributed by atoms with van der Waals surface area (Å²) in [6.07, 6.45) is 0.635. The molecule has 0 aliphatic rings. The fraction of sp³-hybridized carbons (Fsp3) is 0.207. The molecular formula is C29H30N2O4S. The first-order valence-corrected chi connectivity index (χ1v) is 13.4. The average molecular weight is 503 g/mol. The Labute approximate surface area is 212 Å². The standard InChI is InChI=1S/C29H30N2O4S/c1-3-23-9-5-7-13-27(23)31(36(33,34)25-17-15-22(2)16-18-25)21-29(32)30-19-20-35-28-14-8-11-24-10-4-6-12-26(24)28/h4-18H,3,19-21H2,1-2H3,(H,30,32). The van der Waals surface area contributed by atoms with E-state index in [1.807, 2.05) is 68.4 Å². The number of nitrogens with zero attached hydrogens (tertiary/aromatic N) is 1. The normalized spacial score (nSPS) is 11.3. The van der Waals surface area contributed by atoms with Crippen molar-refractivity contribution >= 4 is 32.4 Å². The van der Waals surface area contributed by atoms with Crippen molar-refractivity contribution in [2.75, 3.05) is 24.0 Å². The Morgan fingerprint density at radius 3 is 2.36 bits per heavy atom. The molecule has 0 aliphatic heterocycles. The first kappa shape index (κ1) is 25.3. The number of hydrogen-bond donors (Lipinski definition) is 1. The third-order valence-electron chi connectivity index (χ3n) is 5.97. The lowest BCUT2D eigenvalue weighted by atomic mass is 10.1. The first-order chi connectivity index (χ1) is 17.4. The zero-order chi connectivity index (χ0) is 25.5. The number of aryl methyl sites for hydroxylation is 2. The lowest BCUT2D eigenvalue weighted by Gasteiger charge is -2.26. The lowest BCUT2D eigenvalue weighted by molar-refractivity contribution is -0.119. The summed E-state index contributed by atoms with van der Waals surface area (Å²) in [5, 5.41) is 4.87. The van der Waals surface area contributed by atoms with E-state index in [9.17, 15) is 13.2 Å². The van der Waals surface area contributed by atoms with Gasteiger partial charge < -0.3 is 10.1 Å². The van der Waals surface area contributed by atoms with E-state index in [1.54, 1.807) is 36.4 Å². The highest BCUT2D eigenvalue weighted by Crippen LogP contribution is 2.28. The monoisotopic (exact) mass is 502 g/mol. The van der Waals surface area contributed by atoms with Crippen LogP contribution in [0.25, 0.3) is 10.8 Å². The van der Waals surface area contributed by atoms with Crippen molar-refractivity contribution < 1.29 is 17.9 Å². The zero-order valence-corrected chi connectivity index (χ0v) is 21.3. The number of fused-ring (bicyclic) bond motifs is 1. The molecule has 7 heteroatoms. The Morgan fingerprint density at radius 2 is 1.58 bits per heavy atom. The van der Waals surface area contributed by atoms with Crippen LogP contribution in [0.5, 0.6) is 5.75 Å². The number of hydrogen-bond acceptors (Lipinski definition) is 4. The van der Waals surface area contributed by atoms with Crippen molar-refractivity contribution in [2.45, 2.75) is 25.2 Å². The Hall–Kier alpha value is -3.84. The molecular weight excluding hydrogens is 472 g/mol. The molecule has 0 radical (unpaired) electrons. The number of benzene rings is 4. The maximum absolute atomic E-state index is 13.6. The Balaban J connectivity index is 1.48. The van der Waals surface area contributed by atoms with Crippen LogP contribution in [-0.4, -0.2) is 34.0 Å². The summed E-state index contributed by atoms with van der Waals surface area (Å²) in [7, 11) is -3.96. The summed E-state index contributed by atoms with van der Waals surface area (Å²) in [6, 6.07) is 27.7. The average Bonchev–Trinajstić information content (AvgIpc) is 2.90. The van der Waals surface area contributed by atoms with Gasteiger partial charge in [-0.25, -0.2) is 8.42 Å². The highest BCUT2D eigenvalue weighted by atomic mass is 32.2. The zero-order valence-electron chi connectivity index (χ0n) is 20.5. The number of carbonyl (C=O) groups excluding carboxylic acids is 1. The van der Waals surface area contributed by atoms with Gasteiger partial charge in [-0.1, -0.05) is 79.2 Å². The molecule has 186 valence electrons. The van der Waals surface area contributed by atoms with E-state index in [0.717, 1.165) is 27.6 Å². The number of nitrogens with one attached hydrogen (secondary N) is 1. The van der Waals surface area contributed by atoms with Crippen molar-refractivity contribution in [3.05, 3.63) is 102 Å². The third-order valence-corrected chi connectivity index (χ3v) is 7.74. The minimum Gasteiger partial charge on any atom is -0.491 e. The van der Waals surface area contributed by atoms with Gasteiger partial charge in [0.25, 0.3) is 10.0 Å². The van der Waals surface area contributed by atoms with Crippen molar-refractivity contribution in [1.82, 2.24) is 5.32 Å². The molecule has 0 fully saturated rings. The minimum absolute atomic E-state index is 0.145. The molecule has 0 saturated carbocycles. The maximum atomic E-state index is 13.6. The van der Waals surface area contributed by atoms with Gasteiger partial charge in [0.2, 0.25) is 5.91 Å². The number of ether oxygens (including phenoxy) is 1. The second kappa shape index (κ2) is 11.3. The predicted molar refractivity (Wildman–Crippen MR) is 144 cm³/mol. The molecule has 4 aromatic rings. The van der Waals surface area contributed by atoms with E-state index in [1.165, 1.54) is 4.31 Å². The van der Waals surface area contributed by atoms with Crippen LogP contribution in [0.3, 0.4) is 0 Å². The fourth-order valence-electron chi connectivity index (χ4n) is 4.05. The molecule has 0 atom stereocenters. The van der Waals surface area contributed by atoms with Crippen LogP contribution < -0.4 is 14.4 Å². The molecule has 0 heterocycles. The van der Waals surface area contributed by atoms with E-state index in [0.29, 0.717) is 12.1 Å². The van der Waals surface area contributed by atoms with E-state index in [4.69, 9.17) is 4.74 Å². The topological polar surface area (TPSA) is 75.7 Å². The largest absolute Gasteiger partial charge is 0.491 e. The number of para-hydroxylation sites is 1. The van der Waals surface area contributed by atoms with E-state index in [2.05, 4.69) is 5.32 Å². The van der Waals surface area contributed by atoms with E-state index >= 15 is 0 Å². The summed E-state index contributed by atoms with van der Waals surface area (Å²) in [6.45, 7) is 4.03. The number of anilines is 1. The number of sulfonamides is 1.